The molecule has 1 aliphatic heterocycles. The van der Waals surface area contributed by atoms with Crippen LogP contribution in [0.3, 0.4) is 0 Å². The summed E-state index contributed by atoms with van der Waals surface area (Å²) in [5.41, 5.74) is 2.73. The number of aryl methyl sites for hydroxylation is 1. The Morgan fingerprint density at radius 3 is 2.58 bits per heavy atom. The lowest BCUT2D eigenvalue weighted by Crippen LogP contribution is -2.46. The predicted molar refractivity (Wildman–Crippen MR) is 98.9 cm³/mol. The molecular formula is C19H21N5O2. The van der Waals surface area contributed by atoms with Gasteiger partial charge in [0.05, 0.1) is 18.4 Å². The Balaban J connectivity index is 1.36. The molecule has 0 spiro atoms. The Labute approximate surface area is 151 Å². The SMILES string of the molecule is Cn1ncc(N2CCN(Cc3cc(-c4ccccc4)no3)CC2)cc1=O. The minimum absolute atomic E-state index is 0.0833. The molecule has 0 saturated carbocycles. The zero-order chi connectivity index (χ0) is 17.9. The largest absolute Gasteiger partial charge is 0.368 e. The van der Waals surface area contributed by atoms with E-state index in [9.17, 15) is 4.79 Å². The highest BCUT2D eigenvalue weighted by molar-refractivity contribution is 5.58. The Morgan fingerprint density at radius 1 is 1.08 bits per heavy atom. The third-order valence-corrected chi connectivity index (χ3v) is 4.70. The second kappa shape index (κ2) is 7.13. The average molecular weight is 351 g/mol. The van der Waals surface area contributed by atoms with Crippen molar-refractivity contribution in [3.8, 4) is 11.3 Å². The first kappa shape index (κ1) is 16.5. The number of anilines is 1. The van der Waals surface area contributed by atoms with Crippen molar-refractivity contribution in [1.29, 1.82) is 0 Å². The van der Waals surface area contributed by atoms with E-state index in [2.05, 4.69) is 20.1 Å². The molecule has 0 radical (unpaired) electrons. The number of benzene rings is 1. The molecule has 26 heavy (non-hydrogen) atoms. The van der Waals surface area contributed by atoms with Crippen LogP contribution in [0.15, 0.2) is 58.0 Å². The molecule has 3 heterocycles. The van der Waals surface area contributed by atoms with E-state index in [0.717, 1.165) is 55.4 Å². The molecule has 0 unspecified atom stereocenters. The van der Waals surface area contributed by atoms with Gasteiger partial charge < -0.3 is 9.42 Å². The summed E-state index contributed by atoms with van der Waals surface area (Å²) >= 11 is 0. The first-order chi connectivity index (χ1) is 12.7. The van der Waals surface area contributed by atoms with Crippen LogP contribution in [-0.4, -0.2) is 46.0 Å². The number of aromatic nitrogens is 3. The van der Waals surface area contributed by atoms with Crippen molar-refractivity contribution in [2.24, 2.45) is 7.05 Å². The smallest absolute Gasteiger partial charge is 0.268 e. The van der Waals surface area contributed by atoms with Crippen molar-refractivity contribution in [2.75, 3.05) is 31.1 Å². The van der Waals surface area contributed by atoms with Crippen LogP contribution in [0.2, 0.25) is 0 Å². The highest BCUT2D eigenvalue weighted by Crippen LogP contribution is 2.20. The minimum Gasteiger partial charge on any atom is -0.368 e. The minimum atomic E-state index is -0.0833. The first-order valence-electron chi connectivity index (χ1n) is 8.71. The van der Waals surface area contributed by atoms with E-state index >= 15 is 0 Å². The first-order valence-corrected chi connectivity index (χ1v) is 8.71. The summed E-state index contributed by atoms with van der Waals surface area (Å²) in [5, 5.41) is 8.27. The van der Waals surface area contributed by atoms with Gasteiger partial charge in [-0.25, -0.2) is 4.68 Å². The van der Waals surface area contributed by atoms with Gasteiger partial charge in [0.1, 0.15) is 5.69 Å². The molecule has 0 N–H and O–H groups in total. The molecule has 134 valence electrons. The lowest BCUT2D eigenvalue weighted by atomic mass is 10.1. The maximum atomic E-state index is 11.8. The molecule has 1 aliphatic rings. The van der Waals surface area contributed by atoms with Gasteiger partial charge in [0.25, 0.3) is 5.56 Å². The number of piperazine rings is 1. The number of nitrogens with zero attached hydrogens (tertiary/aromatic N) is 5. The Kier molecular flexibility index (Phi) is 4.53. The molecule has 0 aliphatic carbocycles. The summed E-state index contributed by atoms with van der Waals surface area (Å²) in [6, 6.07) is 13.7. The van der Waals surface area contributed by atoms with Crippen LogP contribution < -0.4 is 10.5 Å². The van der Waals surface area contributed by atoms with Gasteiger partial charge in [0.15, 0.2) is 5.76 Å². The van der Waals surface area contributed by atoms with Gasteiger partial charge in [0.2, 0.25) is 0 Å². The summed E-state index contributed by atoms with van der Waals surface area (Å²) < 4.78 is 6.84. The van der Waals surface area contributed by atoms with Crippen LogP contribution in [0.4, 0.5) is 5.69 Å². The molecule has 4 rings (SSSR count). The van der Waals surface area contributed by atoms with Gasteiger partial charge in [-0.1, -0.05) is 35.5 Å². The second-order valence-corrected chi connectivity index (χ2v) is 6.48. The van der Waals surface area contributed by atoms with E-state index in [4.69, 9.17) is 4.52 Å². The van der Waals surface area contributed by atoms with Crippen LogP contribution >= 0.6 is 0 Å². The Hall–Kier alpha value is -2.93. The highest BCUT2D eigenvalue weighted by atomic mass is 16.5. The second-order valence-electron chi connectivity index (χ2n) is 6.48. The number of rotatable bonds is 4. The van der Waals surface area contributed by atoms with Gasteiger partial charge in [-0.3, -0.25) is 9.69 Å². The van der Waals surface area contributed by atoms with Crippen molar-refractivity contribution >= 4 is 5.69 Å². The Bertz CT molecular complexity index is 926. The fourth-order valence-electron chi connectivity index (χ4n) is 3.15. The van der Waals surface area contributed by atoms with Crippen LogP contribution in [0, 0.1) is 0 Å². The molecule has 0 amide bonds. The third kappa shape index (κ3) is 3.52. The van der Waals surface area contributed by atoms with E-state index in [1.165, 1.54) is 4.68 Å². The molecule has 3 aromatic rings. The zero-order valence-corrected chi connectivity index (χ0v) is 14.7. The quantitative estimate of drug-likeness (QED) is 0.713. The van der Waals surface area contributed by atoms with Gasteiger partial charge in [-0.15, -0.1) is 0 Å². The average Bonchev–Trinajstić information content (AvgIpc) is 3.14. The van der Waals surface area contributed by atoms with E-state index in [-0.39, 0.29) is 5.56 Å². The van der Waals surface area contributed by atoms with Gasteiger partial charge in [-0.2, -0.15) is 5.10 Å². The van der Waals surface area contributed by atoms with Gasteiger partial charge >= 0.3 is 0 Å². The zero-order valence-electron chi connectivity index (χ0n) is 14.7. The standard InChI is InChI=1S/C19H21N5O2/c1-22-19(25)11-16(13-20-22)24-9-7-23(8-10-24)14-17-12-18(21-26-17)15-5-3-2-4-6-15/h2-6,11-13H,7-10,14H2,1H3. The summed E-state index contributed by atoms with van der Waals surface area (Å²) in [6.45, 7) is 4.25. The lowest BCUT2D eigenvalue weighted by molar-refractivity contribution is 0.220. The van der Waals surface area contributed by atoms with Crippen molar-refractivity contribution < 1.29 is 4.52 Å². The van der Waals surface area contributed by atoms with E-state index in [1.54, 1.807) is 19.3 Å². The predicted octanol–water partition coefficient (Wildman–Crippen LogP) is 1.76. The maximum Gasteiger partial charge on any atom is 0.268 e. The molecule has 0 bridgehead atoms. The molecule has 7 nitrogen and oxygen atoms in total. The van der Waals surface area contributed by atoms with E-state index < -0.39 is 0 Å². The highest BCUT2D eigenvalue weighted by Gasteiger charge is 2.19. The van der Waals surface area contributed by atoms with Gasteiger partial charge in [0, 0.05) is 50.9 Å². The molecule has 7 heteroatoms. The van der Waals surface area contributed by atoms with Crippen molar-refractivity contribution in [2.45, 2.75) is 6.54 Å². The molecule has 2 aromatic heterocycles. The lowest BCUT2D eigenvalue weighted by Gasteiger charge is -2.35. The summed E-state index contributed by atoms with van der Waals surface area (Å²) in [6.07, 6.45) is 1.75. The molecule has 1 saturated heterocycles. The normalized spacial score (nSPS) is 15.3. The van der Waals surface area contributed by atoms with Crippen LogP contribution in [0.5, 0.6) is 0 Å². The van der Waals surface area contributed by atoms with Crippen molar-refractivity contribution in [3.63, 3.8) is 0 Å². The number of hydrogen-bond acceptors (Lipinski definition) is 6. The molecule has 0 atom stereocenters. The van der Waals surface area contributed by atoms with E-state index in [1.807, 2.05) is 36.4 Å². The molecular weight excluding hydrogens is 330 g/mol. The fraction of sp³-hybridized carbons (Fsp3) is 0.316. The van der Waals surface area contributed by atoms with Crippen LogP contribution in [-0.2, 0) is 13.6 Å². The number of hydrogen-bond donors (Lipinski definition) is 0. The monoisotopic (exact) mass is 351 g/mol. The fourth-order valence-corrected chi connectivity index (χ4v) is 3.15. The van der Waals surface area contributed by atoms with Crippen molar-refractivity contribution in [3.05, 3.63) is 64.8 Å². The van der Waals surface area contributed by atoms with Crippen LogP contribution in [0.25, 0.3) is 11.3 Å². The van der Waals surface area contributed by atoms with Crippen LogP contribution in [0.1, 0.15) is 5.76 Å². The molecule has 1 aromatic carbocycles. The summed E-state index contributed by atoms with van der Waals surface area (Å²) in [4.78, 5) is 16.3. The van der Waals surface area contributed by atoms with E-state index in [0.29, 0.717) is 0 Å². The third-order valence-electron chi connectivity index (χ3n) is 4.70. The van der Waals surface area contributed by atoms with Crippen molar-refractivity contribution in [1.82, 2.24) is 19.8 Å². The summed E-state index contributed by atoms with van der Waals surface area (Å²) in [7, 11) is 1.66. The topological polar surface area (TPSA) is 67.4 Å². The Morgan fingerprint density at radius 2 is 1.85 bits per heavy atom. The van der Waals surface area contributed by atoms with Gasteiger partial charge in [-0.05, 0) is 0 Å². The molecule has 1 fully saturated rings. The summed E-state index contributed by atoms with van der Waals surface area (Å²) in [5.74, 6) is 0.868. The maximum absolute atomic E-state index is 11.8.